The molecule has 0 aromatic heterocycles. The second-order valence-corrected chi connectivity index (χ2v) is 8.75. The lowest BCUT2D eigenvalue weighted by atomic mass is 10.2. The van der Waals surface area contributed by atoms with E-state index in [0.29, 0.717) is 25.7 Å². The molecule has 2 heterocycles. The first-order valence-electron chi connectivity index (χ1n) is 9.03. The number of carbonyl (C=O) groups is 1. The van der Waals surface area contributed by atoms with Gasteiger partial charge in [0.25, 0.3) is 5.91 Å². The van der Waals surface area contributed by atoms with Crippen molar-refractivity contribution in [2.24, 2.45) is 0 Å². The maximum Gasteiger partial charge on any atom is 0.275 e. The number of benzene rings is 1. The third-order valence-corrected chi connectivity index (χ3v) is 6.83. The first-order chi connectivity index (χ1) is 12.9. The number of piperazine rings is 1. The molecule has 150 valence electrons. The minimum absolute atomic E-state index is 0.0801. The molecule has 0 aliphatic carbocycles. The number of quaternary nitrogens is 1. The Morgan fingerprint density at radius 1 is 1.30 bits per heavy atom. The molecule has 2 saturated heterocycles. The molecule has 0 saturated carbocycles. The average Bonchev–Trinajstić information content (AvgIpc) is 3.14. The van der Waals surface area contributed by atoms with Gasteiger partial charge in [-0.1, -0.05) is 0 Å². The molecular formula is C17H24F2N3O4S+. The van der Waals surface area contributed by atoms with Gasteiger partial charge >= 0.3 is 0 Å². The summed E-state index contributed by atoms with van der Waals surface area (Å²) >= 11 is 0. The van der Waals surface area contributed by atoms with E-state index in [4.69, 9.17) is 4.74 Å². The zero-order chi connectivity index (χ0) is 19.4. The Morgan fingerprint density at radius 3 is 2.67 bits per heavy atom. The highest BCUT2D eigenvalue weighted by molar-refractivity contribution is 7.89. The monoisotopic (exact) mass is 404 g/mol. The van der Waals surface area contributed by atoms with Crippen LogP contribution in [0.5, 0.6) is 0 Å². The summed E-state index contributed by atoms with van der Waals surface area (Å²) in [5, 5.41) is 2.85. The Hall–Kier alpha value is -1.62. The molecule has 1 aromatic carbocycles. The van der Waals surface area contributed by atoms with Crippen molar-refractivity contribution < 1.29 is 31.6 Å². The second kappa shape index (κ2) is 8.59. The summed E-state index contributed by atoms with van der Waals surface area (Å²) < 4.78 is 58.6. The summed E-state index contributed by atoms with van der Waals surface area (Å²) in [7, 11) is -4.02. The zero-order valence-corrected chi connectivity index (χ0v) is 15.7. The number of nitrogens with zero attached hydrogens (tertiary/aromatic N) is 1. The fraction of sp³-hybridized carbons (Fsp3) is 0.588. The molecule has 7 nitrogen and oxygen atoms in total. The number of amides is 1. The quantitative estimate of drug-likeness (QED) is 0.647. The van der Waals surface area contributed by atoms with Crippen LogP contribution >= 0.6 is 0 Å². The van der Waals surface area contributed by atoms with Crippen molar-refractivity contribution in [1.82, 2.24) is 9.62 Å². The van der Waals surface area contributed by atoms with Crippen LogP contribution in [-0.2, 0) is 19.6 Å². The topological polar surface area (TPSA) is 80.2 Å². The van der Waals surface area contributed by atoms with Gasteiger partial charge in [-0.15, -0.1) is 0 Å². The van der Waals surface area contributed by atoms with Crippen LogP contribution in [0.15, 0.2) is 23.1 Å². The molecule has 10 heteroatoms. The van der Waals surface area contributed by atoms with Gasteiger partial charge < -0.3 is 15.0 Å². The lowest BCUT2D eigenvalue weighted by molar-refractivity contribution is -0.895. The van der Waals surface area contributed by atoms with Crippen LogP contribution in [0.2, 0.25) is 0 Å². The summed E-state index contributed by atoms with van der Waals surface area (Å²) in [5.41, 5.74) is 0. The van der Waals surface area contributed by atoms with Crippen LogP contribution < -0.4 is 10.2 Å². The minimum atomic E-state index is -4.02. The first kappa shape index (κ1) is 20.1. The Labute approximate surface area is 157 Å². The molecule has 2 aliphatic heterocycles. The lowest BCUT2D eigenvalue weighted by Crippen LogP contribution is -3.15. The first-order valence-corrected chi connectivity index (χ1v) is 10.5. The van der Waals surface area contributed by atoms with E-state index in [9.17, 15) is 22.0 Å². The maximum atomic E-state index is 13.8. The Bertz CT molecular complexity index is 776. The van der Waals surface area contributed by atoms with Gasteiger partial charge in [0, 0.05) is 19.2 Å². The second-order valence-electron chi connectivity index (χ2n) is 6.84. The highest BCUT2D eigenvalue weighted by atomic mass is 32.2. The van der Waals surface area contributed by atoms with Gasteiger partial charge in [0.1, 0.15) is 16.5 Å². The van der Waals surface area contributed by atoms with Crippen molar-refractivity contribution in [1.29, 1.82) is 0 Å². The van der Waals surface area contributed by atoms with Gasteiger partial charge in [-0.3, -0.25) is 4.79 Å². The van der Waals surface area contributed by atoms with Crippen LogP contribution in [0.25, 0.3) is 0 Å². The number of rotatable bonds is 6. The van der Waals surface area contributed by atoms with E-state index in [0.717, 1.165) is 36.5 Å². The van der Waals surface area contributed by atoms with E-state index < -0.39 is 26.6 Å². The number of carbonyl (C=O) groups excluding carboxylic acids is 1. The molecular weight excluding hydrogens is 380 g/mol. The molecule has 0 unspecified atom stereocenters. The third kappa shape index (κ3) is 5.01. The van der Waals surface area contributed by atoms with E-state index in [1.54, 1.807) is 0 Å². The van der Waals surface area contributed by atoms with E-state index in [2.05, 4.69) is 5.32 Å². The Kier molecular flexibility index (Phi) is 6.40. The molecule has 0 spiro atoms. The molecule has 1 atom stereocenters. The molecule has 0 bridgehead atoms. The van der Waals surface area contributed by atoms with Gasteiger partial charge in [-0.05, 0) is 25.0 Å². The predicted octanol–water partition coefficient (Wildman–Crippen LogP) is -0.851. The summed E-state index contributed by atoms with van der Waals surface area (Å²) in [4.78, 5) is 12.5. The van der Waals surface area contributed by atoms with Gasteiger partial charge in [-0.2, -0.15) is 4.31 Å². The largest absolute Gasteiger partial charge is 0.376 e. The average molecular weight is 404 g/mol. The SMILES string of the molecule is O=C(C[NH+]1CCN(S(=O)(=O)c2ccc(F)cc2F)CC1)NC[C@@H]1CCCO1. The molecule has 2 fully saturated rings. The maximum absolute atomic E-state index is 13.8. The number of sulfonamides is 1. The molecule has 27 heavy (non-hydrogen) atoms. The van der Waals surface area contributed by atoms with Gasteiger partial charge in [0.15, 0.2) is 6.54 Å². The van der Waals surface area contributed by atoms with Gasteiger partial charge in [0.2, 0.25) is 10.0 Å². The van der Waals surface area contributed by atoms with Gasteiger partial charge in [0.05, 0.1) is 32.3 Å². The standard InChI is InChI=1S/C17H23F2N3O4S/c18-13-3-4-16(15(19)10-13)27(24,25)22-7-5-21(6-8-22)12-17(23)20-11-14-2-1-9-26-14/h3-4,10,14H,1-2,5-9,11-12H2,(H,20,23)/p+1/t14-/m0/s1. The normalized spacial score (nSPS) is 22.1. The third-order valence-electron chi connectivity index (χ3n) is 4.90. The fourth-order valence-corrected chi connectivity index (χ4v) is 4.85. The number of hydrogen-bond donors (Lipinski definition) is 2. The number of halogens is 2. The summed E-state index contributed by atoms with van der Waals surface area (Å²) in [6.07, 6.45) is 2.04. The highest BCUT2D eigenvalue weighted by Crippen LogP contribution is 2.20. The zero-order valence-electron chi connectivity index (χ0n) is 14.9. The Balaban J connectivity index is 1.49. The van der Waals surface area contributed by atoms with Crippen molar-refractivity contribution in [2.45, 2.75) is 23.8 Å². The van der Waals surface area contributed by atoms with E-state index in [-0.39, 0.29) is 31.6 Å². The van der Waals surface area contributed by atoms with Gasteiger partial charge in [-0.25, -0.2) is 17.2 Å². The molecule has 2 N–H and O–H groups in total. The smallest absolute Gasteiger partial charge is 0.275 e. The lowest BCUT2D eigenvalue weighted by Gasteiger charge is -2.31. The van der Waals surface area contributed by atoms with Crippen molar-refractivity contribution in [2.75, 3.05) is 45.9 Å². The van der Waals surface area contributed by atoms with Crippen molar-refractivity contribution in [3.8, 4) is 0 Å². The predicted molar refractivity (Wildman–Crippen MR) is 92.7 cm³/mol. The van der Waals surface area contributed by atoms with Crippen molar-refractivity contribution in [3.05, 3.63) is 29.8 Å². The molecule has 1 aromatic rings. The summed E-state index contributed by atoms with van der Waals surface area (Å²) in [6.45, 7) is 2.71. The van der Waals surface area contributed by atoms with Crippen LogP contribution in [0, 0.1) is 11.6 Å². The van der Waals surface area contributed by atoms with E-state index in [1.165, 1.54) is 4.31 Å². The van der Waals surface area contributed by atoms with E-state index in [1.807, 2.05) is 0 Å². The minimum Gasteiger partial charge on any atom is -0.376 e. The Morgan fingerprint density at radius 2 is 2.04 bits per heavy atom. The van der Waals surface area contributed by atoms with Crippen LogP contribution in [0.4, 0.5) is 8.78 Å². The van der Waals surface area contributed by atoms with Crippen molar-refractivity contribution in [3.63, 3.8) is 0 Å². The summed E-state index contributed by atoms with van der Waals surface area (Å²) in [5.74, 6) is -2.02. The van der Waals surface area contributed by atoms with Crippen LogP contribution in [-0.4, -0.2) is 70.6 Å². The van der Waals surface area contributed by atoms with Crippen molar-refractivity contribution >= 4 is 15.9 Å². The fourth-order valence-electron chi connectivity index (χ4n) is 3.37. The molecule has 0 radical (unpaired) electrons. The molecule has 1 amide bonds. The highest BCUT2D eigenvalue weighted by Gasteiger charge is 2.33. The number of ether oxygens (including phenoxy) is 1. The number of nitrogens with one attached hydrogen (secondary N) is 2. The van der Waals surface area contributed by atoms with Crippen LogP contribution in [0.1, 0.15) is 12.8 Å². The molecule has 2 aliphatic rings. The number of hydrogen-bond acceptors (Lipinski definition) is 4. The summed E-state index contributed by atoms with van der Waals surface area (Å²) in [6, 6.07) is 2.43. The van der Waals surface area contributed by atoms with E-state index >= 15 is 0 Å². The molecule has 3 rings (SSSR count). The van der Waals surface area contributed by atoms with Crippen LogP contribution in [0.3, 0.4) is 0 Å².